The van der Waals surface area contributed by atoms with E-state index in [4.69, 9.17) is 14.2 Å². The number of hydrogen-bond donors (Lipinski definition) is 0. The van der Waals surface area contributed by atoms with Crippen molar-refractivity contribution in [1.29, 1.82) is 0 Å². The third-order valence-electron chi connectivity index (χ3n) is 4.84. The zero-order chi connectivity index (χ0) is 22.7. The van der Waals surface area contributed by atoms with Gasteiger partial charge in [-0.05, 0) is 31.2 Å². The van der Waals surface area contributed by atoms with E-state index in [0.29, 0.717) is 28.4 Å². The maximum Gasteiger partial charge on any atom is 0.340 e. The predicted molar refractivity (Wildman–Crippen MR) is 113 cm³/mol. The van der Waals surface area contributed by atoms with Crippen LogP contribution in [0.5, 0.6) is 11.5 Å². The number of hydrogen-bond acceptors (Lipinski definition) is 7. The molecule has 9 nitrogen and oxygen atoms in total. The van der Waals surface area contributed by atoms with Crippen molar-refractivity contribution in [2.45, 2.75) is 6.92 Å². The van der Waals surface area contributed by atoms with Gasteiger partial charge in [-0.3, -0.25) is 19.8 Å². The van der Waals surface area contributed by atoms with Gasteiger partial charge >= 0.3 is 5.97 Å². The quantitative estimate of drug-likeness (QED) is 0.302. The molecule has 0 atom stereocenters. The summed E-state index contributed by atoms with van der Waals surface area (Å²) < 4.78 is 15.6. The molecule has 9 heteroatoms. The first-order chi connectivity index (χ1) is 14.8. The van der Waals surface area contributed by atoms with Crippen LogP contribution in [-0.2, 0) is 14.3 Å². The molecule has 31 heavy (non-hydrogen) atoms. The van der Waals surface area contributed by atoms with E-state index >= 15 is 0 Å². The van der Waals surface area contributed by atoms with Crippen molar-refractivity contribution in [2.24, 2.45) is 0 Å². The van der Waals surface area contributed by atoms with Crippen molar-refractivity contribution in [3.63, 3.8) is 0 Å². The van der Waals surface area contributed by atoms with E-state index in [0.717, 1.165) is 0 Å². The number of nitrogens with zero attached hydrogens (tertiary/aromatic N) is 2. The molecule has 0 aliphatic carbocycles. The molecule has 2 aromatic carbocycles. The molecule has 3 rings (SSSR count). The highest BCUT2D eigenvalue weighted by molar-refractivity contribution is 6.24. The number of para-hydroxylation sites is 1. The van der Waals surface area contributed by atoms with Crippen molar-refractivity contribution in [2.75, 3.05) is 26.2 Å². The first-order valence-corrected chi connectivity index (χ1v) is 9.15. The molecule has 0 aromatic heterocycles. The number of amides is 1. The molecular formula is C22H20N2O7. The number of allylic oxidation sites excluding steroid dienone is 1. The number of carbonyl (C=O) groups is 2. The van der Waals surface area contributed by atoms with Crippen LogP contribution in [0.1, 0.15) is 12.5 Å². The molecule has 0 radical (unpaired) electrons. The maximum absolute atomic E-state index is 13.3. The number of carbonyl (C=O) groups excluding carboxylic acids is 2. The highest BCUT2D eigenvalue weighted by Gasteiger charge is 2.38. The molecule has 1 heterocycles. The second-order valence-electron chi connectivity index (χ2n) is 6.51. The van der Waals surface area contributed by atoms with E-state index in [1.165, 1.54) is 56.6 Å². The van der Waals surface area contributed by atoms with E-state index < -0.39 is 16.8 Å². The average molecular weight is 424 g/mol. The summed E-state index contributed by atoms with van der Waals surface area (Å²) in [6.07, 6.45) is 1.53. The molecule has 0 N–H and O–H groups in total. The Morgan fingerprint density at radius 3 is 2.29 bits per heavy atom. The number of esters is 1. The van der Waals surface area contributed by atoms with E-state index in [-0.39, 0.29) is 16.8 Å². The van der Waals surface area contributed by atoms with Crippen molar-refractivity contribution in [3.05, 3.63) is 75.0 Å². The molecule has 0 fully saturated rings. The molecule has 160 valence electrons. The molecule has 0 spiro atoms. The van der Waals surface area contributed by atoms with Gasteiger partial charge in [-0.25, -0.2) is 4.79 Å². The van der Waals surface area contributed by atoms with Crippen LogP contribution < -0.4 is 14.4 Å². The van der Waals surface area contributed by atoms with E-state index in [1.807, 2.05) is 0 Å². The lowest BCUT2D eigenvalue weighted by molar-refractivity contribution is -0.384. The van der Waals surface area contributed by atoms with Gasteiger partial charge in [0.1, 0.15) is 0 Å². The van der Waals surface area contributed by atoms with Gasteiger partial charge in [-0.2, -0.15) is 0 Å². The second kappa shape index (κ2) is 8.70. The summed E-state index contributed by atoms with van der Waals surface area (Å²) >= 11 is 0. The van der Waals surface area contributed by atoms with E-state index in [2.05, 4.69) is 0 Å². The highest BCUT2D eigenvalue weighted by Crippen LogP contribution is 2.38. The normalized spacial score (nSPS) is 14.8. The lowest BCUT2D eigenvalue weighted by Gasteiger charge is -2.17. The Morgan fingerprint density at radius 1 is 1.06 bits per heavy atom. The summed E-state index contributed by atoms with van der Waals surface area (Å²) in [6.45, 7) is 1.61. The molecule has 1 aliphatic rings. The molecule has 1 aliphatic heterocycles. The van der Waals surface area contributed by atoms with Gasteiger partial charge in [-0.1, -0.05) is 12.1 Å². The van der Waals surface area contributed by atoms with E-state index in [1.54, 1.807) is 25.1 Å². The van der Waals surface area contributed by atoms with Crippen molar-refractivity contribution >= 4 is 29.3 Å². The summed E-state index contributed by atoms with van der Waals surface area (Å²) in [4.78, 5) is 37.6. The Hall–Kier alpha value is -4.14. The number of non-ortho nitro benzene ring substituents is 1. The fourth-order valence-corrected chi connectivity index (χ4v) is 3.40. The van der Waals surface area contributed by atoms with Crippen LogP contribution in [0.15, 0.2) is 59.3 Å². The van der Waals surface area contributed by atoms with Gasteiger partial charge in [-0.15, -0.1) is 0 Å². The largest absolute Gasteiger partial charge is 0.493 e. The van der Waals surface area contributed by atoms with Crippen molar-refractivity contribution < 1.29 is 28.7 Å². The summed E-state index contributed by atoms with van der Waals surface area (Å²) in [7, 11) is 4.20. The molecule has 0 unspecified atom stereocenters. The Kier molecular flexibility index (Phi) is 6.05. The monoisotopic (exact) mass is 424 g/mol. The Bertz CT molecular complexity index is 1120. The fourth-order valence-electron chi connectivity index (χ4n) is 3.40. The van der Waals surface area contributed by atoms with Crippen LogP contribution >= 0.6 is 0 Å². The number of ether oxygens (including phenoxy) is 3. The first-order valence-electron chi connectivity index (χ1n) is 9.15. The Morgan fingerprint density at radius 2 is 1.74 bits per heavy atom. The SMILES string of the molecule is COC(=O)C1=C(C)N(c2ccc([N+](=O)[O-])cc2)C(=O)/C1=C\c1cccc(OC)c1OC. The van der Waals surface area contributed by atoms with E-state index in [9.17, 15) is 19.7 Å². The van der Waals surface area contributed by atoms with Gasteiger partial charge in [0.05, 0.1) is 37.4 Å². The standard InChI is InChI=1S/C22H20N2O7/c1-13-19(22(26)31-4)17(12-14-6-5-7-18(29-2)20(14)30-3)21(25)23(13)15-8-10-16(11-9-15)24(27)28/h5-12H,1-4H3/b17-12-. The molecule has 0 saturated heterocycles. The minimum Gasteiger partial charge on any atom is -0.493 e. The van der Waals surface area contributed by atoms with Crippen LogP contribution in [0.25, 0.3) is 6.08 Å². The van der Waals surface area contributed by atoms with Gasteiger partial charge in [0, 0.05) is 29.1 Å². The molecule has 0 saturated carbocycles. The summed E-state index contributed by atoms with van der Waals surface area (Å²) in [5.41, 5.74) is 1.35. The molecule has 1 amide bonds. The molecular weight excluding hydrogens is 404 g/mol. The number of nitro groups is 1. The predicted octanol–water partition coefficient (Wildman–Crippen LogP) is 3.49. The molecule has 0 bridgehead atoms. The number of anilines is 1. The zero-order valence-corrected chi connectivity index (χ0v) is 17.4. The smallest absolute Gasteiger partial charge is 0.340 e. The highest BCUT2D eigenvalue weighted by atomic mass is 16.6. The molecule has 2 aromatic rings. The minimum absolute atomic E-state index is 0.0933. The van der Waals surface area contributed by atoms with Crippen LogP contribution in [-0.4, -0.2) is 38.1 Å². The maximum atomic E-state index is 13.3. The van der Waals surface area contributed by atoms with Crippen molar-refractivity contribution in [1.82, 2.24) is 0 Å². The number of benzene rings is 2. The number of rotatable bonds is 6. The van der Waals surface area contributed by atoms with Crippen LogP contribution in [0.4, 0.5) is 11.4 Å². The van der Waals surface area contributed by atoms with Gasteiger partial charge in [0.2, 0.25) is 0 Å². The van der Waals surface area contributed by atoms with Crippen molar-refractivity contribution in [3.8, 4) is 11.5 Å². The topological polar surface area (TPSA) is 108 Å². The lowest BCUT2D eigenvalue weighted by Crippen LogP contribution is -2.24. The lowest BCUT2D eigenvalue weighted by atomic mass is 10.0. The Labute approximate surface area is 178 Å². The first kappa shape index (κ1) is 21.6. The third kappa shape index (κ3) is 3.85. The summed E-state index contributed by atoms with van der Waals surface area (Å²) in [5.74, 6) is -0.282. The van der Waals surface area contributed by atoms with Gasteiger partial charge < -0.3 is 14.2 Å². The summed E-state index contributed by atoms with van der Waals surface area (Å²) in [5, 5.41) is 10.9. The number of nitro benzene ring substituents is 1. The Balaban J connectivity index is 2.15. The van der Waals surface area contributed by atoms with Crippen LogP contribution in [0.2, 0.25) is 0 Å². The average Bonchev–Trinajstić information content (AvgIpc) is 3.02. The zero-order valence-electron chi connectivity index (χ0n) is 17.4. The van der Waals surface area contributed by atoms with Crippen LogP contribution in [0, 0.1) is 10.1 Å². The minimum atomic E-state index is -0.677. The number of methoxy groups -OCH3 is 3. The van der Waals surface area contributed by atoms with Gasteiger partial charge in [0.15, 0.2) is 11.5 Å². The van der Waals surface area contributed by atoms with Gasteiger partial charge in [0.25, 0.3) is 11.6 Å². The second-order valence-corrected chi connectivity index (χ2v) is 6.51. The van der Waals surface area contributed by atoms with Crippen LogP contribution in [0.3, 0.4) is 0 Å². The fraction of sp³-hybridized carbons (Fsp3) is 0.182. The summed E-state index contributed by atoms with van der Waals surface area (Å²) in [6, 6.07) is 10.6. The third-order valence-corrected chi connectivity index (χ3v) is 4.84.